The Bertz CT molecular complexity index is 194. The average molecular weight is 212 g/mol. The number of nitrogens with one attached hydrogen (secondary N) is 1. The molecule has 2 atom stereocenters. The quantitative estimate of drug-likeness (QED) is 0.738. The molecule has 1 saturated carbocycles. The zero-order valence-electron chi connectivity index (χ0n) is 10.0. The van der Waals surface area contributed by atoms with E-state index in [4.69, 9.17) is 4.74 Å². The van der Waals surface area contributed by atoms with Crippen LogP contribution in [0.2, 0.25) is 0 Å². The molecule has 1 aliphatic carbocycles. The molecule has 0 aromatic heterocycles. The lowest BCUT2D eigenvalue weighted by Gasteiger charge is -2.37. The van der Waals surface area contributed by atoms with E-state index in [1.54, 1.807) is 7.11 Å². The molecule has 0 radical (unpaired) electrons. The van der Waals surface area contributed by atoms with Crippen molar-refractivity contribution in [1.29, 1.82) is 0 Å². The number of hydrogen-bond acceptors (Lipinski definition) is 3. The number of piperazine rings is 1. The lowest BCUT2D eigenvalue weighted by molar-refractivity contribution is 0.108. The molecule has 3 heteroatoms. The molecule has 0 bridgehead atoms. The number of ether oxygens (including phenoxy) is 1. The van der Waals surface area contributed by atoms with Gasteiger partial charge in [0.1, 0.15) is 0 Å². The molecule has 1 N–H and O–H groups in total. The lowest BCUT2D eigenvalue weighted by atomic mass is 10.1. The van der Waals surface area contributed by atoms with E-state index in [2.05, 4.69) is 17.1 Å². The summed E-state index contributed by atoms with van der Waals surface area (Å²) in [5.41, 5.74) is 0. The van der Waals surface area contributed by atoms with Crippen LogP contribution in [0.4, 0.5) is 0 Å². The molecule has 2 aliphatic rings. The minimum atomic E-state index is 0.674. The summed E-state index contributed by atoms with van der Waals surface area (Å²) in [6, 6.07) is 1.44. The zero-order chi connectivity index (χ0) is 10.7. The van der Waals surface area contributed by atoms with E-state index in [1.807, 2.05) is 0 Å². The smallest absolute Gasteiger partial charge is 0.0477 e. The maximum absolute atomic E-state index is 5.15. The van der Waals surface area contributed by atoms with Crippen molar-refractivity contribution in [3.05, 3.63) is 0 Å². The Labute approximate surface area is 93.2 Å². The van der Waals surface area contributed by atoms with Gasteiger partial charge in [-0.3, -0.25) is 4.90 Å². The second kappa shape index (κ2) is 5.28. The van der Waals surface area contributed by atoms with Gasteiger partial charge in [-0.25, -0.2) is 0 Å². The number of rotatable bonds is 5. The summed E-state index contributed by atoms with van der Waals surface area (Å²) < 4.78 is 5.15. The molecule has 0 aromatic rings. The average Bonchev–Trinajstić information content (AvgIpc) is 3.10. The molecule has 1 aliphatic heterocycles. The van der Waals surface area contributed by atoms with Gasteiger partial charge in [0.05, 0.1) is 0 Å². The number of hydrogen-bond donors (Lipinski definition) is 1. The van der Waals surface area contributed by atoms with Crippen LogP contribution in [-0.2, 0) is 4.74 Å². The fourth-order valence-electron chi connectivity index (χ4n) is 2.49. The van der Waals surface area contributed by atoms with Gasteiger partial charge >= 0.3 is 0 Å². The van der Waals surface area contributed by atoms with Crippen LogP contribution in [0.5, 0.6) is 0 Å². The zero-order valence-corrected chi connectivity index (χ0v) is 10.0. The highest BCUT2D eigenvalue weighted by Gasteiger charge is 2.34. The molecule has 3 nitrogen and oxygen atoms in total. The normalized spacial score (nSPS) is 30.4. The van der Waals surface area contributed by atoms with Crippen LogP contribution >= 0.6 is 0 Å². The molecular weight excluding hydrogens is 188 g/mol. The first-order valence-corrected chi connectivity index (χ1v) is 6.27. The minimum Gasteiger partial charge on any atom is -0.385 e. The van der Waals surface area contributed by atoms with Gasteiger partial charge in [-0.15, -0.1) is 0 Å². The lowest BCUT2D eigenvalue weighted by Crippen LogP contribution is -2.54. The highest BCUT2D eigenvalue weighted by molar-refractivity contribution is 4.92. The van der Waals surface area contributed by atoms with Crippen LogP contribution in [0, 0.1) is 5.92 Å². The van der Waals surface area contributed by atoms with Crippen molar-refractivity contribution < 1.29 is 4.74 Å². The fraction of sp³-hybridized carbons (Fsp3) is 1.00. The molecule has 0 amide bonds. The van der Waals surface area contributed by atoms with Gasteiger partial charge in [0, 0.05) is 45.4 Å². The van der Waals surface area contributed by atoms with E-state index in [0.29, 0.717) is 6.04 Å². The Hall–Kier alpha value is -0.120. The van der Waals surface area contributed by atoms with Crippen molar-refractivity contribution in [2.75, 3.05) is 33.4 Å². The van der Waals surface area contributed by atoms with E-state index in [-0.39, 0.29) is 0 Å². The summed E-state index contributed by atoms with van der Waals surface area (Å²) in [6.45, 7) is 6.83. The van der Waals surface area contributed by atoms with Crippen molar-refractivity contribution >= 4 is 0 Å². The Morgan fingerprint density at radius 1 is 1.47 bits per heavy atom. The molecule has 2 fully saturated rings. The SMILES string of the molecule is COCCC(C)N1CCNC(C2CC2)C1. The van der Waals surface area contributed by atoms with Gasteiger partial charge in [-0.1, -0.05) is 0 Å². The topological polar surface area (TPSA) is 24.5 Å². The van der Waals surface area contributed by atoms with Crippen LogP contribution in [0.25, 0.3) is 0 Å². The third kappa shape index (κ3) is 3.16. The van der Waals surface area contributed by atoms with E-state index in [1.165, 1.54) is 32.5 Å². The molecule has 2 unspecified atom stereocenters. The van der Waals surface area contributed by atoms with E-state index < -0.39 is 0 Å². The number of nitrogens with zero attached hydrogens (tertiary/aromatic N) is 1. The van der Waals surface area contributed by atoms with Gasteiger partial charge in [0.2, 0.25) is 0 Å². The van der Waals surface area contributed by atoms with Crippen molar-refractivity contribution in [2.45, 2.75) is 38.3 Å². The highest BCUT2D eigenvalue weighted by atomic mass is 16.5. The predicted octanol–water partition coefficient (Wildman–Crippen LogP) is 1.10. The molecule has 88 valence electrons. The first-order chi connectivity index (χ1) is 7.31. The molecule has 15 heavy (non-hydrogen) atoms. The Kier molecular flexibility index (Phi) is 4.00. The monoisotopic (exact) mass is 212 g/mol. The summed E-state index contributed by atoms with van der Waals surface area (Å²) in [4.78, 5) is 2.62. The van der Waals surface area contributed by atoms with Crippen molar-refractivity contribution in [3.8, 4) is 0 Å². The Balaban J connectivity index is 1.75. The van der Waals surface area contributed by atoms with Gasteiger partial charge in [0.25, 0.3) is 0 Å². The van der Waals surface area contributed by atoms with Gasteiger partial charge in [-0.05, 0) is 32.1 Å². The Morgan fingerprint density at radius 2 is 2.27 bits per heavy atom. The van der Waals surface area contributed by atoms with Crippen LogP contribution in [-0.4, -0.2) is 50.3 Å². The standard InChI is InChI=1S/C12H24N2O/c1-10(5-8-15-2)14-7-6-13-12(9-14)11-3-4-11/h10-13H,3-9H2,1-2H3. The first kappa shape index (κ1) is 11.4. The third-order valence-electron chi connectivity index (χ3n) is 3.79. The number of methoxy groups -OCH3 is 1. The summed E-state index contributed by atoms with van der Waals surface area (Å²) in [6.07, 6.45) is 4.05. The van der Waals surface area contributed by atoms with Crippen molar-refractivity contribution in [2.24, 2.45) is 5.92 Å². The Morgan fingerprint density at radius 3 is 2.93 bits per heavy atom. The summed E-state index contributed by atoms with van der Waals surface area (Å²) in [7, 11) is 1.79. The van der Waals surface area contributed by atoms with Crippen LogP contribution in [0.15, 0.2) is 0 Å². The molecule has 0 aromatic carbocycles. The van der Waals surface area contributed by atoms with E-state index in [0.717, 1.165) is 25.0 Å². The second-order valence-electron chi connectivity index (χ2n) is 5.02. The fourth-order valence-corrected chi connectivity index (χ4v) is 2.49. The highest BCUT2D eigenvalue weighted by Crippen LogP contribution is 2.33. The van der Waals surface area contributed by atoms with E-state index >= 15 is 0 Å². The summed E-state index contributed by atoms with van der Waals surface area (Å²) >= 11 is 0. The van der Waals surface area contributed by atoms with Crippen LogP contribution in [0.3, 0.4) is 0 Å². The second-order valence-corrected chi connectivity index (χ2v) is 5.02. The minimum absolute atomic E-state index is 0.674. The van der Waals surface area contributed by atoms with Crippen LogP contribution < -0.4 is 5.32 Å². The van der Waals surface area contributed by atoms with Crippen molar-refractivity contribution in [1.82, 2.24) is 10.2 Å². The summed E-state index contributed by atoms with van der Waals surface area (Å²) in [5, 5.41) is 3.65. The van der Waals surface area contributed by atoms with E-state index in [9.17, 15) is 0 Å². The third-order valence-corrected chi connectivity index (χ3v) is 3.79. The largest absolute Gasteiger partial charge is 0.385 e. The molecule has 2 rings (SSSR count). The predicted molar refractivity (Wildman–Crippen MR) is 62.0 cm³/mol. The summed E-state index contributed by atoms with van der Waals surface area (Å²) in [5.74, 6) is 0.974. The van der Waals surface area contributed by atoms with Crippen molar-refractivity contribution in [3.63, 3.8) is 0 Å². The first-order valence-electron chi connectivity index (χ1n) is 6.27. The molecule has 0 spiro atoms. The molecular formula is C12H24N2O. The molecule has 1 heterocycles. The maximum atomic E-state index is 5.15. The maximum Gasteiger partial charge on any atom is 0.0477 e. The molecule has 1 saturated heterocycles. The van der Waals surface area contributed by atoms with Gasteiger partial charge in [0.15, 0.2) is 0 Å². The van der Waals surface area contributed by atoms with Gasteiger partial charge in [-0.2, -0.15) is 0 Å². The van der Waals surface area contributed by atoms with Crippen LogP contribution in [0.1, 0.15) is 26.2 Å². The van der Waals surface area contributed by atoms with Gasteiger partial charge < -0.3 is 10.1 Å².